The van der Waals surface area contributed by atoms with Crippen molar-refractivity contribution in [1.29, 1.82) is 0 Å². The van der Waals surface area contributed by atoms with Crippen molar-refractivity contribution in [3.63, 3.8) is 0 Å². The summed E-state index contributed by atoms with van der Waals surface area (Å²) in [5.41, 5.74) is 5.00. The standard InChI is InChI=1S/C27H23FN6O/c28-20-14-23(22-6-8-30-24(22)15-20)25-16-26(34-9-11-35-12-10-34)33-27(32-25)31-21-5-1-3-18(13-21)19-4-2-7-29-17-19/h1-8,13-17,30H,9-12H2,(H,31,32,33). The third-order valence-electron chi connectivity index (χ3n) is 6.07. The number of fused-ring (bicyclic) bond motifs is 1. The number of aromatic nitrogens is 4. The van der Waals surface area contributed by atoms with Gasteiger partial charge in [0.15, 0.2) is 0 Å². The van der Waals surface area contributed by atoms with E-state index in [0.29, 0.717) is 30.4 Å². The van der Waals surface area contributed by atoms with Crippen LogP contribution in [0.15, 0.2) is 79.3 Å². The molecule has 0 atom stereocenters. The summed E-state index contributed by atoms with van der Waals surface area (Å²) in [6.45, 7) is 2.73. The van der Waals surface area contributed by atoms with Gasteiger partial charge in [-0.25, -0.2) is 9.37 Å². The minimum Gasteiger partial charge on any atom is -0.378 e. The first-order valence-electron chi connectivity index (χ1n) is 11.5. The Kier molecular flexibility index (Phi) is 5.56. The van der Waals surface area contributed by atoms with Gasteiger partial charge in [0.25, 0.3) is 0 Å². The maximum atomic E-state index is 14.5. The number of pyridine rings is 1. The minimum atomic E-state index is -0.319. The molecule has 0 unspecified atom stereocenters. The quantitative estimate of drug-likeness (QED) is 0.361. The molecule has 3 aromatic heterocycles. The third kappa shape index (κ3) is 4.43. The number of H-pyrrole nitrogens is 1. The van der Waals surface area contributed by atoms with Gasteiger partial charge in [-0.1, -0.05) is 18.2 Å². The molecule has 174 valence electrons. The summed E-state index contributed by atoms with van der Waals surface area (Å²) in [5, 5.41) is 4.26. The topological polar surface area (TPSA) is 79.0 Å². The Hall–Kier alpha value is -4.30. The summed E-state index contributed by atoms with van der Waals surface area (Å²) in [6.07, 6.45) is 5.39. The number of halogens is 1. The number of hydrogen-bond acceptors (Lipinski definition) is 6. The first-order chi connectivity index (χ1) is 17.2. The normalized spacial score (nSPS) is 13.8. The van der Waals surface area contributed by atoms with Gasteiger partial charge in [0.05, 0.1) is 18.9 Å². The molecule has 5 aromatic rings. The lowest BCUT2D eigenvalue weighted by Crippen LogP contribution is -2.36. The highest BCUT2D eigenvalue weighted by molar-refractivity contribution is 5.94. The zero-order valence-corrected chi connectivity index (χ0v) is 18.9. The lowest BCUT2D eigenvalue weighted by atomic mass is 10.1. The van der Waals surface area contributed by atoms with Gasteiger partial charge in [0, 0.05) is 65.5 Å². The number of aromatic amines is 1. The lowest BCUT2D eigenvalue weighted by Gasteiger charge is -2.28. The number of benzene rings is 2. The molecule has 1 fully saturated rings. The zero-order valence-electron chi connectivity index (χ0n) is 18.9. The smallest absolute Gasteiger partial charge is 0.229 e. The van der Waals surface area contributed by atoms with Crippen molar-refractivity contribution in [3.05, 3.63) is 85.1 Å². The molecule has 1 aliphatic heterocycles. The summed E-state index contributed by atoms with van der Waals surface area (Å²) in [5.74, 6) is 0.901. The van der Waals surface area contributed by atoms with Crippen LogP contribution in [0.1, 0.15) is 0 Å². The second-order valence-corrected chi connectivity index (χ2v) is 8.37. The molecule has 0 radical (unpaired) electrons. The molecular formula is C27H23FN6O. The van der Waals surface area contributed by atoms with Gasteiger partial charge in [-0.05, 0) is 42.0 Å². The highest BCUT2D eigenvalue weighted by Crippen LogP contribution is 2.32. The highest BCUT2D eigenvalue weighted by Gasteiger charge is 2.18. The summed E-state index contributed by atoms with van der Waals surface area (Å²) in [6, 6.07) is 18.8. The van der Waals surface area contributed by atoms with Crippen molar-refractivity contribution in [2.45, 2.75) is 0 Å². The second kappa shape index (κ2) is 9.15. The fourth-order valence-electron chi connectivity index (χ4n) is 4.37. The van der Waals surface area contributed by atoms with Gasteiger partial charge < -0.3 is 19.9 Å². The second-order valence-electron chi connectivity index (χ2n) is 8.37. The molecule has 2 N–H and O–H groups in total. The van der Waals surface area contributed by atoms with Gasteiger partial charge in [0.1, 0.15) is 11.6 Å². The van der Waals surface area contributed by atoms with Crippen LogP contribution in [0.5, 0.6) is 0 Å². The summed E-state index contributed by atoms with van der Waals surface area (Å²) < 4.78 is 20.0. The van der Waals surface area contributed by atoms with Gasteiger partial charge in [-0.2, -0.15) is 4.98 Å². The first-order valence-corrected chi connectivity index (χ1v) is 11.5. The number of nitrogens with zero attached hydrogens (tertiary/aromatic N) is 4. The average Bonchev–Trinajstić information content (AvgIpc) is 3.38. The molecule has 1 saturated heterocycles. The van der Waals surface area contributed by atoms with E-state index < -0.39 is 0 Å². The van der Waals surface area contributed by atoms with E-state index in [1.54, 1.807) is 12.4 Å². The largest absolute Gasteiger partial charge is 0.378 e. The van der Waals surface area contributed by atoms with E-state index in [4.69, 9.17) is 14.7 Å². The van der Waals surface area contributed by atoms with Crippen LogP contribution in [0, 0.1) is 5.82 Å². The SMILES string of the molecule is Fc1cc(-c2cc(N3CCOCC3)nc(Nc3cccc(-c4cccnc4)c3)n2)c2cc[nH]c2c1. The van der Waals surface area contributed by atoms with Gasteiger partial charge in [-0.3, -0.25) is 4.98 Å². The predicted molar refractivity (Wildman–Crippen MR) is 135 cm³/mol. The van der Waals surface area contributed by atoms with Crippen LogP contribution in [0.25, 0.3) is 33.3 Å². The Morgan fingerprint density at radius 2 is 1.83 bits per heavy atom. The molecule has 0 amide bonds. The van der Waals surface area contributed by atoms with Crippen molar-refractivity contribution >= 4 is 28.4 Å². The van der Waals surface area contributed by atoms with Gasteiger partial charge in [0.2, 0.25) is 5.95 Å². The van der Waals surface area contributed by atoms with Crippen LogP contribution >= 0.6 is 0 Å². The molecule has 2 aromatic carbocycles. The number of rotatable bonds is 5. The van der Waals surface area contributed by atoms with Crippen molar-refractivity contribution in [3.8, 4) is 22.4 Å². The van der Waals surface area contributed by atoms with Crippen molar-refractivity contribution in [1.82, 2.24) is 19.9 Å². The molecule has 7 nitrogen and oxygen atoms in total. The van der Waals surface area contributed by atoms with Crippen LogP contribution in [-0.2, 0) is 4.74 Å². The van der Waals surface area contributed by atoms with E-state index in [0.717, 1.165) is 46.6 Å². The maximum absolute atomic E-state index is 14.5. The molecule has 4 heterocycles. The van der Waals surface area contributed by atoms with E-state index in [9.17, 15) is 4.39 Å². The predicted octanol–water partition coefficient (Wildman–Crippen LogP) is 5.41. The van der Waals surface area contributed by atoms with E-state index >= 15 is 0 Å². The molecule has 0 aliphatic carbocycles. The molecule has 1 aliphatic rings. The van der Waals surface area contributed by atoms with Crippen LogP contribution in [0.4, 0.5) is 21.8 Å². The number of ether oxygens (including phenoxy) is 1. The van der Waals surface area contributed by atoms with Gasteiger partial charge in [-0.15, -0.1) is 0 Å². The fraction of sp³-hybridized carbons (Fsp3) is 0.148. The van der Waals surface area contributed by atoms with Crippen LogP contribution in [0.2, 0.25) is 0 Å². The molecule has 8 heteroatoms. The van der Waals surface area contributed by atoms with Crippen LogP contribution in [0.3, 0.4) is 0 Å². The van der Waals surface area contributed by atoms with E-state index in [2.05, 4.69) is 20.2 Å². The number of anilines is 3. The maximum Gasteiger partial charge on any atom is 0.229 e. The first kappa shape index (κ1) is 21.2. The molecule has 0 bridgehead atoms. The van der Waals surface area contributed by atoms with Crippen molar-refractivity contribution in [2.24, 2.45) is 0 Å². The van der Waals surface area contributed by atoms with E-state index in [-0.39, 0.29) is 5.82 Å². The Balaban J connectivity index is 1.42. The number of hydrogen-bond donors (Lipinski definition) is 2. The Morgan fingerprint density at radius 3 is 2.69 bits per heavy atom. The number of nitrogens with one attached hydrogen (secondary N) is 2. The number of morpholine rings is 1. The molecular weight excluding hydrogens is 443 g/mol. The van der Waals surface area contributed by atoms with Crippen molar-refractivity contribution in [2.75, 3.05) is 36.5 Å². The average molecular weight is 467 g/mol. The Labute approximate surface area is 201 Å². The molecule has 0 spiro atoms. The van der Waals surface area contributed by atoms with E-state index in [1.165, 1.54) is 12.1 Å². The van der Waals surface area contributed by atoms with Gasteiger partial charge >= 0.3 is 0 Å². The molecule has 6 rings (SSSR count). The minimum absolute atomic E-state index is 0.319. The summed E-state index contributed by atoms with van der Waals surface area (Å²) >= 11 is 0. The summed E-state index contributed by atoms with van der Waals surface area (Å²) in [4.78, 5) is 19.1. The van der Waals surface area contributed by atoms with Crippen molar-refractivity contribution < 1.29 is 9.13 Å². The van der Waals surface area contributed by atoms with E-state index in [1.807, 2.05) is 54.7 Å². The third-order valence-corrected chi connectivity index (χ3v) is 6.07. The summed E-state index contributed by atoms with van der Waals surface area (Å²) in [7, 11) is 0. The van der Waals surface area contributed by atoms with Crippen LogP contribution < -0.4 is 10.2 Å². The van der Waals surface area contributed by atoms with Crippen LogP contribution in [-0.4, -0.2) is 46.2 Å². The molecule has 0 saturated carbocycles. The fourth-order valence-corrected chi connectivity index (χ4v) is 4.37. The zero-order chi connectivity index (χ0) is 23.6. The monoisotopic (exact) mass is 466 g/mol. The Bertz CT molecular complexity index is 1480. The lowest BCUT2D eigenvalue weighted by molar-refractivity contribution is 0.122. The highest BCUT2D eigenvalue weighted by atomic mass is 19.1. The Morgan fingerprint density at radius 1 is 0.943 bits per heavy atom. The molecule has 35 heavy (non-hydrogen) atoms.